The minimum absolute atomic E-state index is 0.137. The summed E-state index contributed by atoms with van der Waals surface area (Å²) >= 11 is 0. The van der Waals surface area contributed by atoms with E-state index in [9.17, 15) is 25.3 Å². The molecule has 1 rings (SSSR count). The van der Waals surface area contributed by atoms with E-state index >= 15 is 0 Å². The van der Waals surface area contributed by atoms with Crippen molar-refractivity contribution in [2.24, 2.45) is 5.73 Å². The number of rotatable bonds is 9. The third-order valence-electron chi connectivity index (χ3n) is 3.43. The Morgan fingerprint density at radius 2 is 0.958 bits per heavy atom. The quantitative estimate of drug-likeness (QED) is 0.494. The van der Waals surface area contributed by atoms with Gasteiger partial charge in [-0.1, -0.05) is 13.8 Å². The number of nitrogens with two attached hydrogens (primary N) is 1. The Kier molecular flexibility index (Phi) is 7.59. The van der Waals surface area contributed by atoms with Gasteiger partial charge in [0.15, 0.2) is 0 Å². The van der Waals surface area contributed by atoms with Crippen LogP contribution in [-0.4, -0.2) is 82.0 Å². The van der Waals surface area contributed by atoms with Crippen LogP contribution in [0.2, 0.25) is 0 Å². The standard InChI is InChI=1S/C11H26N4O6S3/c1-3-6-22(16,17)13-9-14(23(18,19)7-4-2)11-15(10-13)24(20,21)8-5-12/h3-12H2,1-2H3. The van der Waals surface area contributed by atoms with Crippen molar-refractivity contribution in [1.82, 2.24) is 12.9 Å². The van der Waals surface area contributed by atoms with Gasteiger partial charge in [0, 0.05) is 6.54 Å². The highest BCUT2D eigenvalue weighted by molar-refractivity contribution is 7.90. The Morgan fingerprint density at radius 1 is 0.667 bits per heavy atom. The van der Waals surface area contributed by atoms with Crippen LogP contribution in [0.3, 0.4) is 0 Å². The van der Waals surface area contributed by atoms with Crippen molar-refractivity contribution < 1.29 is 25.3 Å². The SMILES string of the molecule is CCCS(=O)(=O)N1CN(S(=O)(=O)CCC)CN(S(=O)(=O)CCN)C1. The first kappa shape index (κ1) is 21.7. The maximum atomic E-state index is 12.3. The molecule has 24 heavy (non-hydrogen) atoms. The molecule has 1 heterocycles. The summed E-state index contributed by atoms with van der Waals surface area (Å²) in [5.74, 6) is -0.741. The molecule has 1 fully saturated rings. The van der Waals surface area contributed by atoms with Gasteiger partial charge in [-0.05, 0) is 12.8 Å². The van der Waals surface area contributed by atoms with E-state index in [-0.39, 0.29) is 30.5 Å². The molecule has 13 heteroatoms. The molecule has 1 aliphatic rings. The molecule has 0 spiro atoms. The molecule has 0 unspecified atom stereocenters. The van der Waals surface area contributed by atoms with Crippen LogP contribution < -0.4 is 5.73 Å². The van der Waals surface area contributed by atoms with Crippen molar-refractivity contribution >= 4 is 30.1 Å². The van der Waals surface area contributed by atoms with Crippen LogP contribution in [-0.2, 0) is 30.1 Å². The Morgan fingerprint density at radius 3 is 1.21 bits per heavy atom. The molecule has 0 atom stereocenters. The summed E-state index contributed by atoms with van der Waals surface area (Å²) in [4.78, 5) is 0. The fourth-order valence-electron chi connectivity index (χ4n) is 2.24. The van der Waals surface area contributed by atoms with Gasteiger partial charge >= 0.3 is 0 Å². The van der Waals surface area contributed by atoms with Gasteiger partial charge in [-0.25, -0.2) is 25.3 Å². The van der Waals surface area contributed by atoms with E-state index in [0.29, 0.717) is 12.8 Å². The molecule has 144 valence electrons. The van der Waals surface area contributed by atoms with E-state index in [4.69, 9.17) is 5.73 Å². The van der Waals surface area contributed by atoms with E-state index in [1.807, 2.05) is 0 Å². The van der Waals surface area contributed by atoms with E-state index in [2.05, 4.69) is 0 Å². The number of hydrogen-bond donors (Lipinski definition) is 1. The maximum absolute atomic E-state index is 12.3. The zero-order valence-corrected chi connectivity index (χ0v) is 16.4. The Bertz CT molecular complexity index is 613. The lowest BCUT2D eigenvalue weighted by molar-refractivity contribution is 0.127. The first-order valence-corrected chi connectivity index (χ1v) is 12.5. The van der Waals surface area contributed by atoms with E-state index in [1.54, 1.807) is 13.8 Å². The third kappa shape index (κ3) is 5.34. The average molecular weight is 407 g/mol. The highest BCUT2D eigenvalue weighted by Crippen LogP contribution is 2.19. The van der Waals surface area contributed by atoms with Gasteiger partial charge in [-0.3, -0.25) is 0 Å². The summed E-state index contributed by atoms with van der Waals surface area (Å²) in [5, 5.41) is 0. The van der Waals surface area contributed by atoms with Gasteiger partial charge in [0.05, 0.1) is 37.3 Å². The number of nitrogens with zero attached hydrogens (tertiary/aromatic N) is 3. The first-order chi connectivity index (χ1) is 11.0. The Balaban J connectivity index is 3.21. The van der Waals surface area contributed by atoms with Crippen molar-refractivity contribution in [1.29, 1.82) is 0 Å². The zero-order chi connectivity index (χ0) is 18.6. The molecule has 0 aromatic rings. The van der Waals surface area contributed by atoms with E-state index in [1.165, 1.54) is 0 Å². The lowest BCUT2D eigenvalue weighted by atomic mass is 10.6. The lowest BCUT2D eigenvalue weighted by Crippen LogP contribution is -2.60. The summed E-state index contributed by atoms with van der Waals surface area (Å²) in [6.07, 6.45) is 0.687. The summed E-state index contributed by atoms with van der Waals surface area (Å²) < 4.78 is 76.3. The van der Waals surface area contributed by atoms with Crippen LogP contribution in [0.1, 0.15) is 26.7 Å². The predicted molar refractivity (Wildman–Crippen MR) is 91.1 cm³/mol. The van der Waals surface area contributed by atoms with Crippen LogP contribution in [0.25, 0.3) is 0 Å². The number of sulfonamides is 3. The Labute approximate surface area is 144 Å². The molecular weight excluding hydrogens is 380 g/mol. The van der Waals surface area contributed by atoms with Crippen molar-refractivity contribution in [3.63, 3.8) is 0 Å². The van der Waals surface area contributed by atoms with Gasteiger partial charge in [-0.15, -0.1) is 0 Å². The smallest absolute Gasteiger partial charge is 0.217 e. The zero-order valence-electron chi connectivity index (χ0n) is 14.0. The van der Waals surface area contributed by atoms with Crippen molar-refractivity contribution in [2.45, 2.75) is 26.7 Å². The van der Waals surface area contributed by atoms with Crippen molar-refractivity contribution in [3.8, 4) is 0 Å². The minimum atomic E-state index is -3.85. The maximum Gasteiger partial charge on any atom is 0.217 e. The fourth-order valence-corrected chi connectivity index (χ4v) is 6.46. The van der Waals surface area contributed by atoms with Crippen molar-refractivity contribution in [3.05, 3.63) is 0 Å². The fraction of sp³-hybridized carbons (Fsp3) is 1.00. The normalized spacial score (nSPS) is 19.6. The van der Waals surface area contributed by atoms with E-state index < -0.39 is 43.4 Å². The summed E-state index contributed by atoms with van der Waals surface area (Å²) in [7, 11) is -11.4. The first-order valence-electron chi connectivity index (χ1n) is 7.63. The van der Waals surface area contributed by atoms with Gasteiger partial charge in [0.2, 0.25) is 30.1 Å². The molecule has 10 nitrogen and oxygen atoms in total. The second-order valence-electron chi connectivity index (χ2n) is 5.52. The van der Waals surface area contributed by atoms with Gasteiger partial charge in [0.25, 0.3) is 0 Å². The molecule has 0 amide bonds. The molecule has 0 radical (unpaired) electrons. The van der Waals surface area contributed by atoms with Crippen LogP contribution >= 0.6 is 0 Å². The molecule has 1 aliphatic heterocycles. The minimum Gasteiger partial charge on any atom is -0.329 e. The average Bonchev–Trinajstić information content (AvgIpc) is 2.46. The molecule has 0 aromatic carbocycles. The van der Waals surface area contributed by atoms with Gasteiger partial charge in [-0.2, -0.15) is 12.9 Å². The Hall–Kier alpha value is -0.310. The van der Waals surface area contributed by atoms with Gasteiger partial charge < -0.3 is 5.73 Å². The predicted octanol–water partition coefficient (Wildman–Crippen LogP) is -1.45. The van der Waals surface area contributed by atoms with Crippen LogP contribution in [0.15, 0.2) is 0 Å². The van der Waals surface area contributed by atoms with Gasteiger partial charge in [0.1, 0.15) is 0 Å². The number of hydrogen-bond acceptors (Lipinski definition) is 7. The lowest BCUT2D eigenvalue weighted by Gasteiger charge is -2.39. The summed E-state index contributed by atoms with van der Waals surface area (Å²) in [6, 6.07) is 0. The molecule has 0 aromatic heterocycles. The molecule has 2 N–H and O–H groups in total. The van der Waals surface area contributed by atoms with Crippen molar-refractivity contribution in [2.75, 3.05) is 43.8 Å². The summed E-state index contributed by atoms with van der Waals surface area (Å²) in [5.41, 5.74) is 5.29. The molecule has 0 saturated carbocycles. The molecule has 0 aliphatic carbocycles. The van der Waals surface area contributed by atoms with E-state index in [0.717, 1.165) is 12.9 Å². The highest BCUT2D eigenvalue weighted by Gasteiger charge is 2.39. The monoisotopic (exact) mass is 406 g/mol. The highest BCUT2D eigenvalue weighted by atomic mass is 32.2. The molecule has 0 bridgehead atoms. The summed E-state index contributed by atoms with van der Waals surface area (Å²) in [6.45, 7) is 2.04. The molecular formula is C11H26N4O6S3. The molecule has 1 saturated heterocycles. The van der Waals surface area contributed by atoms with Crippen LogP contribution in [0.4, 0.5) is 0 Å². The second kappa shape index (κ2) is 8.38. The topological polar surface area (TPSA) is 138 Å². The van der Waals surface area contributed by atoms with Crippen LogP contribution in [0.5, 0.6) is 0 Å². The largest absolute Gasteiger partial charge is 0.329 e. The van der Waals surface area contributed by atoms with Crippen LogP contribution in [0, 0.1) is 0 Å². The second-order valence-corrected chi connectivity index (χ2v) is 11.8. The third-order valence-corrected chi connectivity index (χ3v) is 9.08.